The first kappa shape index (κ1) is 14.1. The Morgan fingerprint density at radius 2 is 1.80 bits per heavy atom. The number of nitrogens with one attached hydrogen (secondary N) is 1. The van der Waals surface area contributed by atoms with E-state index in [4.69, 9.17) is 9.47 Å². The highest BCUT2D eigenvalue weighted by atomic mass is 16.5. The number of aryl methyl sites for hydroxylation is 1. The fourth-order valence-corrected chi connectivity index (χ4v) is 1.98. The van der Waals surface area contributed by atoms with Crippen molar-refractivity contribution in [1.82, 2.24) is 9.97 Å². The van der Waals surface area contributed by atoms with Crippen LogP contribution in [0.15, 0.2) is 24.3 Å². The van der Waals surface area contributed by atoms with Crippen LogP contribution in [0.5, 0.6) is 11.5 Å². The molecule has 2 rings (SSSR count). The molecule has 106 valence electrons. The lowest BCUT2D eigenvalue weighted by Gasteiger charge is -2.11. The normalized spacial score (nSPS) is 10.2. The van der Waals surface area contributed by atoms with E-state index in [-0.39, 0.29) is 0 Å². The van der Waals surface area contributed by atoms with Gasteiger partial charge in [-0.05, 0) is 32.0 Å². The molecule has 0 spiro atoms. The van der Waals surface area contributed by atoms with Crippen LogP contribution in [0.2, 0.25) is 0 Å². The molecule has 20 heavy (non-hydrogen) atoms. The van der Waals surface area contributed by atoms with E-state index in [1.165, 1.54) is 0 Å². The van der Waals surface area contributed by atoms with Gasteiger partial charge in [0, 0.05) is 18.2 Å². The van der Waals surface area contributed by atoms with Crippen molar-refractivity contribution in [3.8, 4) is 22.8 Å². The Morgan fingerprint density at radius 3 is 2.45 bits per heavy atom. The molecule has 0 unspecified atom stereocenters. The predicted molar refractivity (Wildman–Crippen MR) is 79.5 cm³/mol. The first-order valence-electron chi connectivity index (χ1n) is 6.50. The molecule has 0 atom stereocenters. The molecule has 0 aliphatic carbocycles. The number of rotatable bonds is 5. The van der Waals surface area contributed by atoms with Crippen molar-refractivity contribution < 1.29 is 9.47 Å². The zero-order chi connectivity index (χ0) is 14.5. The quantitative estimate of drug-likeness (QED) is 0.907. The third kappa shape index (κ3) is 2.99. The molecule has 1 N–H and O–H groups in total. The summed E-state index contributed by atoms with van der Waals surface area (Å²) in [6.45, 7) is 4.74. The summed E-state index contributed by atoms with van der Waals surface area (Å²) in [7, 11) is 3.24. The standard InChI is InChI=1S/C15H19N3O2/c1-5-16-15-9-12(17-10(2)18-15)11-6-7-13(19-3)14(8-11)20-4/h6-9H,5H2,1-4H3,(H,16,17,18). The fraction of sp³-hybridized carbons (Fsp3) is 0.333. The first-order valence-corrected chi connectivity index (χ1v) is 6.50. The Labute approximate surface area is 119 Å². The summed E-state index contributed by atoms with van der Waals surface area (Å²) in [6.07, 6.45) is 0. The van der Waals surface area contributed by atoms with Gasteiger partial charge in [-0.2, -0.15) is 0 Å². The minimum Gasteiger partial charge on any atom is -0.493 e. The van der Waals surface area contributed by atoms with Gasteiger partial charge in [-0.25, -0.2) is 9.97 Å². The van der Waals surface area contributed by atoms with Crippen LogP contribution >= 0.6 is 0 Å². The van der Waals surface area contributed by atoms with Crippen LogP contribution in [0.3, 0.4) is 0 Å². The van der Waals surface area contributed by atoms with Gasteiger partial charge in [0.2, 0.25) is 0 Å². The van der Waals surface area contributed by atoms with Gasteiger partial charge in [0.1, 0.15) is 11.6 Å². The molecule has 0 aliphatic heterocycles. The van der Waals surface area contributed by atoms with Crippen LogP contribution in [0.25, 0.3) is 11.3 Å². The summed E-state index contributed by atoms with van der Waals surface area (Å²) in [5.74, 6) is 2.94. The van der Waals surface area contributed by atoms with Crippen LogP contribution in [-0.4, -0.2) is 30.7 Å². The number of benzene rings is 1. The highest BCUT2D eigenvalue weighted by Gasteiger charge is 2.09. The van der Waals surface area contributed by atoms with Crippen LogP contribution in [-0.2, 0) is 0 Å². The molecule has 0 bridgehead atoms. The molecule has 5 heteroatoms. The Kier molecular flexibility index (Phi) is 4.40. The minimum atomic E-state index is 0.686. The number of hydrogen-bond donors (Lipinski definition) is 1. The smallest absolute Gasteiger partial charge is 0.161 e. The minimum absolute atomic E-state index is 0.686. The van der Waals surface area contributed by atoms with E-state index < -0.39 is 0 Å². The van der Waals surface area contributed by atoms with Crippen molar-refractivity contribution in [3.05, 3.63) is 30.1 Å². The summed E-state index contributed by atoms with van der Waals surface area (Å²) in [4.78, 5) is 8.82. The first-order chi connectivity index (χ1) is 9.67. The second-order valence-electron chi connectivity index (χ2n) is 4.29. The molecule has 1 aromatic heterocycles. The van der Waals surface area contributed by atoms with Crippen molar-refractivity contribution in [3.63, 3.8) is 0 Å². The molecular formula is C15H19N3O2. The number of methoxy groups -OCH3 is 2. The molecule has 0 saturated heterocycles. The van der Waals surface area contributed by atoms with Crippen molar-refractivity contribution in [2.24, 2.45) is 0 Å². The van der Waals surface area contributed by atoms with Crippen molar-refractivity contribution >= 4 is 5.82 Å². The van der Waals surface area contributed by atoms with E-state index in [1.807, 2.05) is 38.1 Å². The third-order valence-corrected chi connectivity index (χ3v) is 2.88. The monoisotopic (exact) mass is 273 g/mol. The second-order valence-corrected chi connectivity index (χ2v) is 4.29. The molecule has 0 fully saturated rings. The molecule has 0 aliphatic rings. The molecule has 0 radical (unpaired) electrons. The highest BCUT2D eigenvalue weighted by Crippen LogP contribution is 2.32. The largest absolute Gasteiger partial charge is 0.493 e. The Morgan fingerprint density at radius 1 is 1.05 bits per heavy atom. The van der Waals surface area contributed by atoms with Crippen molar-refractivity contribution in [1.29, 1.82) is 0 Å². The number of anilines is 1. The lowest BCUT2D eigenvalue weighted by atomic mass is 10.1. The summed E-state index contributed by atoms with van der Waals surface area (Å²) in [6, 6.07) is 7.67. The Hall–Kier alpha value is -2.30. The lowest BCUT2D eigenvalue weighted by molar-refractivity contribution is 0.355. The van der Waals surface area contributed by atoms with Crippen LogP contribution in [0.4, 0.5) is 5.82 Å². The zero-order valence-electron chi connectivity index (χ0n) is 12.2. The number of hydrogen-bond acceptors (Lipinski definition) is 5. The van der Waals surface area contributed by atoms with Gasteiger partial charge in [0.25, 0.3) is 0 Å². The molecule has 1 heterocycles. The zero-order valence-corrected chi connectivity index (χ0v) is 12.2. The van der Waals surface area contributed by atoms with Crippen molar-refractivity contribution in [2.75, 3.05) is 26.1 Å². The SMILES string of the molecule is CCNc1cc(-c2ccc(OC)c(OC)c2)nc(C)n1. The van der Waals surface area contributed by atoms with Gasteiger partial charge in [0.05, 0.1) is 19.9 Å². The maximum absolute atomic E-state index is 5.32. The predicted octanol–water partition coefficient (Wildman–Crippen LogP) is 2.90. The van der Waals surface area contributed by atoms with Crippen LogP contribution < -0.4 is 14.8 Å². The summed E-state index contributed by atoms with van der Waals surface area (Å²) in [5.41, 5.74) is 1.82. The van der Waals surface area contributed by atoms with E-state index >= 15 is 0 Å². The van der Waals surface area contributed by atoms with Gasteiger partial charge >= 0.3 is 0 Å². The van der Waals surface area contributed by atoms with Gasteiger partial charge in [0.15, 0.2) is 11.5 Å². The third-order valence-electron chi connectivity index (χ3n) is 2.88. The Bertz CT molecular complexity index is 600. The number of aromatic nitrogens is 2. The highest BCUT2D eigenvalue weighted by molar-refractivity contribution is 5.66. The van der Waals surface area contributed by atoms with Crippen LogP contribution in [0.1, 0.15) is 12.7 Å². The topological polar surface area (TPSA) is 56.3 Å². The number of nitrogens with zero attached hydrogens (tertiary/aromatic N) is 2. The van der Waals surface area contributed by atoms with Crippen LogP contribution in [0, 0.1) is 6.92 Å². The van der Waals surface area contributed by atoms with E-state index in [1.54, 1.807) is 14.2 Å². The molecule has 0 saturated carbocycles. The summed E-state index contributed by atoms with van der Waals surface area (Å²) >= 11 is 0. The lowest BCUT2D eigenvalue weighted by Crippen LogP contribution is -2.02. The Balaban J connectivity index is 2.45. The average Bonchev–Trinajstić information content (AvgIpc) is 2.46. The van der Waals surface area contributed by atoms with Gasteiger partial charge in [-0.1, -0.05) is 0 Å². The maximum Gasteiger partial charge on any atom is 0.161 e. The van der Waals surface area contributed by atoms with E-state index in [0.717, 1.165) is 29.4 Å². The maximum atomic E-state index is 5.32. The van der Waals surface area contributed by atoms with E-state index in [0.29, 0.717) is 11.5 Å². The molecule has 1 aromatic carbocycles. The number of ether oxygens (including phenoxy) is 2. The van der Waals surface area contributed by atoms with E-state index in [9.17, 15) is 0 Å². The average molecular weight is 273 g/mol. The molecule has 2 aromatic rings. The fourth-order valence-electron chi connectivity index (χ4n) is 1.98. The second kappa shape index (κ2) is 6.23. The van der Waals surface area contributed by atoms with Gasteiger partial charge in [-0.15, -0.1) is 0 Å². The molecular weight excluding hydrogens is 254 g/mol. The van der Waals surface area contributed by atoms with Crippen molar-refractivity contribution in [2.45, 2.75) is 13.8 Å². The van der Waals surface area contributed by atoms with Gasteiger partial charge in [-0.3, -0.25) is 0 Å². The summed E-state index contributed by atoms with van der Waals surface area (Å²) in [5, 5.41) is 3.20. The molecule has 5 nitrogen and oxygen atoms in total. The molecule has 0 amide bonds. The van der Waals surface area contributed by atoms with Gasteiger partial charge < -0.3 is 14.8 Å². The summed E-state index contributed by atoms with van der Waals surface area (Å²) < 4.78 is 10.6. The van der Waals surface area contributed by atoms with E-state index in [2.05, 4.69) is 15.3 Å².